The Morgan fingerprint density at radius 1 is 0.941 bits per heavy atom. The van der Waals surface area contributed by atoms with Crippen molar-refractivity contribution in [1.82, 2.24) is 19.9 Å². The van der Waals surface area contributed by atoms with Gasteiger partial charge in [-0.2, -0.15) is 4.98 Å². The second-order valence-corrected chi connectivity index (χ2v) is 8.63. The molecule has 0 aliphatic carbocycles. The number of hydrogen-bond donors (Lipinski definition) is 0. The van der Waals surface area contributed by atoms with Gasteiger partial charge in [-0.25, -0.2) is 8.78 Å². The summed E-state index contributed by atoms with van der Waals surface area (Å²) in [7, 11) is 0. The SMILES string of the molecule is CCCc1noc(CCCC(=O)N2CCN(C(c3ccc(F)cc3)c3ccc(F)cc3)CC2)n1. The maximum Gasteiger partial charge on any atom is 0.226 e. The number of nitrogens with zero attached hydrogens (tertiary/aromatic N) is 4. The molecule has 0 N–H and O–H groups in total. The molecule has 0 atom stereocenters. The van der Waals surface area contributed by atoms with Gasteiger partial charge in [-0.15, -0.1) is 0 Å². The number of piperazine rings is 1. The average Bonchev–Trinajstić information content (AvgIpc) is 3.29. The molecule has 1 fully saturated rings. The minimum absolute atomic E-state index is 0.119. The second kappa shape index (κ2) is 11.3. The summed E-state index contributed by atoms with van der Waals surface area (Å²) in [6.45, 7) is 4.64. The lowest BCUT2D eigenvalue weighted by Gasteiger charge is -2.40. The van der Waals surface area contributed by atoms with E-state index in [0.29, 0.717) is 51.3 Å². The van der Waals surface area contributed by atoms with Crippen LogP contribution in [0.5, 0.6) is 0 Å². The molecule has 180 valence electrons. The van der Waals surface area contributed by atoms with Crippen LogP contribution in [0.25, 0.3) is 0 Å². The van der Waals surface area contributed by atoms with Gasteiger partial charge in [-0.05, 0) is 48.2 Å². The standard InChI is InChI=1S/C26H30F2N4O2/c1-2-4-23-29-24(34-30-23)5-3-6-25(33)31-15-17-32(18-16-31)26(19-7-11-21(27)12-8-19)20-9-13-22(28)14-10-20/h7-14,26H,2-6,15-18H2,1H3. The third-order valence-electron chi connectivity index (χ3n) is 6.17. The Kier molecular flexibility index (Phi) is 8.00. The van der Waals surface area contributed by atoms with Crippen molar-refractivity contribution in [1.29, 1.82) is 0 Å². The number of carbonyl (C=O) groups excluding carboxylic acids is 1. The predicted octanol–water partition coefficient (Wildman–Crippen LogP) is 4.56. The van der Waals surface area contributed by atoms with Gasteiger partial charge in [0.2, 0.25) is 11.8 Å². The monoisotopic (exact) mass is 468 g/mol. The van der Waals surface area contributed by atoms with Gasteiger partial charge in [0, 0.05) is 45.4 Å². The zero-order valence-corrected chi connectivity index (χ0v) is 19.4. The third kappa shape index (κ3) is 6.05. The summed E-state index contributed by atoms with van der Waals surface area (Å²) >= 11 is 0. The fourth-order valence-electron chi connectivity index (χ4n) is 4.40. The smallest absolute Gasteiger partial charge is 0.226 e. The molecule has 1 aliphatic heterocycles. The minimum Gasteiger partial charge on any atom is -0.340 e. The largest absolute Gasteiger partial charge is 0.340 e. The van der Waals surface area contributed by atoms with Gasteiger partial charge in [-0.3, -0.25) is 9.69 Å². The van der Waals surface area contributed by atoms with Crippen LogP contribution in [-0.2, 0) is 17.6 Å². The Bertz CT molecular complexity index is 1020. The quantitative estimate of drug-likeness (QED) is 0.461. The molecular formula is C26H30F2N4O2. The number of hydrogen-bond acceptors (Lipinski definition) is 5. The molecule has 1 amide bonds. The van der Waals surface area contributed by atoms with Gasteiger partial charge in [0.25, 0.3) is 0 Å². The molecule has 1 aromatic heterocycles. The van der Waals surface area contributed by atoms with Crippen LogP contribution in [0.1, 0.15) is 55.1 Å². The van der Waals surface area contributed by atoms with Crippen LogP contribution >= 0.6 is 0 Å². The average molecular weight is 469 g/mol. The number of rotatable bonds is 9. The lowest BCUT2D eigenvalue weighted by atomic mass is 9.96. The third-order valence-corrected chi connectivity index (χ3v) is 6.17. The lowest BCUT2D eigenvalue weighted by Crippen LogP contribution is -2.49. The molecule has 1 aliphatic rings. The summed E-state index contributed by atoms with van der Waals surface area (Å²) in [5.74, 6) is 0.839. The van der Waals surface area contributed by atoms with Gasteiger partial charge >= 0.3 is 0 Å². The maximum absolute atomic E-state index is 13.5. The van der Waals surface area contributed by atoms with E-state index in [9.17, 15) is 13.6 Å². The molecule has 3 aromatic rings. The Balaban J connectivity index is 1.34. The normalized spacial score (nSPS) is 14.6. The number of aryl methyl sites for hydroxylation is 2. The molecule has 0 saturated carbocycles. The molecule has 0 spiro atoms. The van der Waals surface area contributed by atoms with Crippen molar-refractivity contribution in [3.8, 4) is 0 Å². The molecule has 1 saturated heterocycles. The molecule has 0 unspecified atom stereocenters. The predicted molar refractivity (Wildman–Crippen MR) is 124 cm³/mol. The van der Waals surface area contributed by atoms with Gasteiger partial charge < -0.3 is 9.42 Å². The molecular weight excluding hydrogens is 438 g/mol. The van der Waals surface area contributed by atoms with Crippen LogP contribution in [0.3, 0.4) is 0 Å². The highest BCUT2D eigenvalue weighted by Gasteiger charge is 2.28. The van der Waals surface area contributed by atoms with E-state index in [4.69, 9.17) is 4.52 Å². The zero-order chi connectivity index (χ0) is 23.9. The zero-order valence-electron chi connectivity index (χ0n) is 19.4. The number of aromatic nitrogens is 2. The second-order valence-electron chi connectivity index (χ2n) is 8.63. The van der Waals surface area contributed by atoms with Crippen LogP contribution in [0.15, 0.2) is 53.1 Å². The minimum atomic E-state index is -0.292. The van der Waals surface area contributed by atoms with E-state index in [-0.39, 0.29) is 23.6 Å². The summed E-state index contributed by atoms with van der Waals surface area (Å²) in [5, 5.41) is 3.95. The number of halogens is 2. The maximum atomic E-state index is 13.5. The van der Waals surface area contributed by atoms with E-state index in [1.165, 1.54) is 24.3 Å². The first-order valence-corrected chi connectivity index (χ1v) is 11.9. The molecule has 0 bridgehead atoms. The first-order valence-electron chi connectivity index (χ1n) is 11.9. The molecule has 6 nitrogen and oxygen atoms in total. The van der Waals surface area contributed by atoms with Gasteiger partial charge in [-0.1, -0.05) is 36.3 Å². The molecule has 4 rings (SSSR count). The summed E-state index contributed by atoms with van der Waals surface area (Å²) in [6.07, 6.45) is 3.46. The van der Waals surface area contributed by atoms with Crippen molar-refractivity contribution in [3.05, 3.63) is 83.0 Å². The Hall–Kier alpha value is -3.13. The highest BCUT2D eigenvalue weighted by molar-refractivity contribution is 5.76. The summed E-state index contributed by atoms with van der Waals surface area (Å²) in [5.41, 5.74) is 1.88. The first-order chi connectivity index (χ1) is 16.5. The van der Waals surface area contributed by atoms with Crippen LogP contribution in [0.4, 0.5) is 8.78 Å². The highest BCUT2D eigenvalue weighted by atomic mass is 19.1. The number of benzene rings is 2. The Labute approximate surface area is 198 Å². The summed E-state index contributed by atoms with van der Waals surface area (Å²) < 4.78 is 32.3. The Morgan fingerprint density at radius 2 is 1.53 bits per heavy atom. The number of amides is 1. The van der Waals surface area contributed by atoms with Crippen molar-refractivity contribution in [2.45, 2.75) is 45.1 Å². The van der Waals surface area contributed by atoms with Gasteiger partial charge in [0.15, 0.2) is 5.82 Å². The van der Waals surface area contributed by atoms with Crippen molar-refractivity contribution in [2.24, 2.45) is 0 Å². The van der Waals surface area contributed by atoms with E-state index in [1.54, 1.807) is 24.3 Å². The van der Waals surface area contributed by atoms with Gasteiger partial charge in [0.1, 0.15) is 11.6 Å². The van der Waals surface area contributed by atoms with Gasteiger partial charge in [0.05, 0.1) is 6.04 Å². The molecule has 2 aromatic carbocycles. The molecule has 0 radical (unpaired) electrons. The number of carbonyl (C=O) groups is 1. The summed E-state index contributed by atoms with van der Waals surface area (Å²) in [6, 6.07) is 12.7. The van der Waals surface area contributed by atoms with Crippen LogP contribution in [-0.4, -0.2) is 52.0 Å². The fraction of sp³-hybridized carbons (Fsp3) is 0.423. The molecule has 8 heteroatoms. The van der Waals surface area contributed by atoms with Crippen molar-refractivity contribution < 1.29 is 18.1 Å². The van der Waals surface area contributed by atoms with E-state index in [1.807, 2.05) is 4.90 Å². The molecule has 2 heterocycles. The molecule has 34 heavy (non-hydrogen) atoms. The van der Waals surface area contributed by atoms with E-state index in [2.05, 4.69) is 22.0 Å². The van der Waals surface area contributed by atoms with Crippen molar-refractivity contribution in [3.63, 3.8) is 0 Å². The van der Waals surface area contributed by atoms with Crippen molar-refractivity contribution >= 4 is 5.91 Å². The van der Waals surface area contributed by atoms with E-state index >= 15 is 0 Å². The van der Waals surface area contributed by atoms with Crippen molar-refractivity contribution in [2.75, 3.05) is 26.2 Å². The Morgan fingerprint density at radius 3 is 2.09 bits per heavy atom. The fourth-order valence-corrected chi connectivity index (χ4v) is 4.40. The first kappa shape index (κ1) is 24.0. The highest BCUT2D eigenvalue weighted by Crippen LogP contribution is 2.30. The topological polar surface area (TPSA) is 62.5 Å². The van der Waals surface area contributed by atoms with Crippen LogP contribution < -0.4 is 0 Å². The van der Waals surface area contributed by atoms with Crippen LogP contribution in [0.2, 0.25) is 0 Å². The summed E-state index contributed by atoms with van der Waals surface area (Å²) in [4.78, 5) is 21.2. The van der Waals surface area contributed by atoms with E-state index in [0.717, 1.165) is 29.8 Å². The van der Waals surface area contributed by atoms with Crippen LogP contribution in [0, 0.1) is 11.6 Å². The lowest BCUT2D eigenvalue weighted by molar-refractivity contribution is -0.133. The van der Waals surface area contributed by atoms with E-state index < -0.39 is 0 Å².